The smallest absolute Gasteiger partial charge is 0.275 e. The summed E-state index contributed by atoms with van der Waals surface area (Å²) in [7, 11) is 0. The zero-order valence-electron chi connectivity index (χ0n) is 19.3. The van der Waals surface area contributed by atoms with Gasteiger partial charge in [0.2, 0.25) is 5.91 Å². The molecule has 2 aromatic heterocycles. The molecule has 1 amide bonds. The quantitative estimate of drug-likeness (QED) is 0.221. The number of hydrogen-bond donors (Lipinski definition) is 3. The number of rotatable bonds is 11. The molecule has 4 rings (SSSR count). The largest absolute Gasteiger partial charge is 0.361 e. The molecule has 176 valence electrons. The van der Waals surface area contributed by atoms with Crippen LogP contribution in [0.25, 0.3) is 22.2 Å². The highest BCUT2D eigenvalue weighted by molar-refractivity contribution is 9.10. The fraction of sp³-hybridized carbons (Fsp3) is 0.296. The van der Waals surface area contributed by atoms with Gasteiger partial charge in [0.1, 0.15) is 18.0 Å². The van der Waals surface area contributed by atoms with Crippen molar-refractivity contribution in [3.8, 4) is 11.3 Å². The van der Waals surface area contributed by atoms with E-state index in [1.807, 2.05) is 60.9 Å². The lowest BCUT2D eigenvalue weighted by atomic mass is 10.0. The first-order valence-corrected chi connectivity index (χ1v) is 12.5. The van der Waals surface area contributed by atoms with Gasteiger partial charge >= 0.3 is 0 Å². The van der Waals surface area contributed by atoms with Crippen molar-refractivity contribution in [2.24, 2.45) is 0 Å². The molecule has 0 aliphatic carbocycles. The maximum atomic E-state index is 13.1. The van der Waals surface area contributed by atoms with Crippen LogP contribution in [0.3, 0.4) is 0 Å². The Bertz CT molecular complexity index is 1260. The number of amides is 1. The standard InChI is InChI=1S/C27H29BrN4O2/c1-18(33)8-4-2-7-11-24(27-30-17-25(32-27)19-9-5-3-6-10-19)31-26(34)14-20-16-29-23-13-12-21(28)15-22(20)23/h3,5-6,9-10,12-13,15-17,24,29H,2,4,7-8,11,14H2,1H3,(H,30,32)(H,31,34)/p+1/t24-/m0/s1. The van der Waals surface area contributed by atoms with Crippen molar-refractivity contribution < 1.29 is 14.6 Å². The van der Waals surface area contributed by atoms with Crippen LogP contribution in [-0.4, -0.2) is 21.7 Å². The van der Waals surface area contributed by atoms with E-state index in [1.165, 1.54) is 0 Å². The predicted octanol–water partition coefficient (Wildman–Crippen LogP) is 5.68. The lowest BCUT2D eigenvalue weighted by molar-refractivity contribution is -0.391. The number of H-pyrrole nitrogens is 3. The second kappa shape index (κ2) is 11.3. The van der Waals surface area contributed by atoms with E-state index < -0.39 is 0 Å². The summed E-state index contributed by atoms with van der Waals surface area (Å²) < 4.78 is 0.985. The number of unbranched alkanes of at least 4 members (excludes halogenated alkanes) is 2. The van der Waals surface area contributed by atoms with Gasteiger partial charge in [-0.15, -0.1) is 0 Å². The number of benzene rings is 2. The van der Waals surface area contributed by atoms with Gasteiger partial charge in [0.05, 0.1) is 6.42 Å². The Balaban J connectivity index is 1.47. The third-order valence-electron chi connectivity index (χ3n) is 6.01. The molecule has 4 N–H and O–H groups in total. The highest BCUT2D eigenvalue weighted by atomic mass is 79.9. The number of imidazole rings is 1. The summed E-state index contributed by atoms with van der Waals surface area (Å²) in [5, 5.41) is 4.27. The van der Waals surface area contributed by atoms with E-state index in [4.69, 9.17) is 0 Å². The van der Waals surface area contributed by atoms with Gasteiger partial charge in [0.25, 0.3) is 5.82 Å². The third-order valence-corrected chi connectivity index (χ3v) is 6.51. The predicted molar refractivity (Wildman–Crippen MR) is 137 cm³/mol. The SMILES string of the molecule is CC(=O)CCCCC[C@H](NC(=O)Cc1c[nH]c2ccc(Br)cc12)c1[nH]c(-c2ccccc2)c[nH+]1. The molecule has 6 nitrogen and oxygen atoms in total. The van der Waals surface area contributed by atoms with Crippen LogP contribution in [0.15, 0.2) is 65.4 Å². The highest BCUT2D eigenvalue weighted by Crippen LogP contribution is 2.24. The van der Waals surface area contributed by atoms with Gasteiger partial charge < -0.3 is 15.1 Å². The van der Waals surface area contributed by atoms with Crippen molar-refractivity contribution in [1.29, 1.82) is 0 Å². The fourth-order valence-corrected chi connectivity index (χ4v) is 4.59. The topological polar surface area (TPSA) is 91.9 Å². The van der Waals surface area contributed by atoms with Crippen molar-refractivity contribution in [2.75, 3.05) is 0 Å². The second-order valence-electron chi connectivity index (χ2n) is 8.71. The molecule has 0 bridgehead atoms. The minimum absolute atomic E-state index is 0.0288. The maximum absolute atomic E-state index is 13.1. The van der Waals surface area contributed by atoms with Gasteiger partial charge in [0.15, 0.2) is 5.69 Å². The summed E-state index contributed by atoms with van der Waals surface area (Å²) in [6, 6.07) is 15.9. The number of carbonyl (C=O) groups excluding carboxylic acids is 2. The van der Waals surface area contributed by atoms with Crippen LogP contribution in [0, 0.1) is 0 Å². The van der Waals surface area contributed by atoms with Crippen LogP contribution in [0.2, 0.25) is 0 Å². The van der Waals surface area contributed by atoms with E-state index in [0.717, 1.165) is 63.7 Å². The van der Waals surface area contributed by atoms with Crippen LogP contribution in [0.5, 0.6) is 0 Å². The Morgan fingerprint density at radius 3 is 2.71 bits per heavy atom. The number of aromatic nitrogens is 3. The molecule has 2 aromatic carbocycles. The molecule has 34 heavy (non-hydrogen) atoms. The van der Waals surface area contributed by atoms with E-state index in [1.54, 1.807) is 6.92 Å². The van der Waals surface area contributed by atoms with Crippen molar-refractivity contribution in [3.63, 3.8) is 0 Å². The van der Waals surface area contributed by atoms with Crippen molar-refractivity contribution in [3.05, 3.63) is 76.8 Å². The molecule has 0 saturated heterocycles. The van der Waals surface area contributed by atoms with Crippen LogP contribution in [0.1, 0.15) is 56.5 Å². The van der Waals surface area contributed by atoms with E-state index in [0.29, 0.717) is 12.8 Å². The summed E-state index contributed by atoms with van der Waals surface area (Å²) in [6.07, 6.45) is 8.29. The van der Waals surface area contributed by atoms with Gasteiger partial charge in [-0.3, -0.25) is 4.79 Å². The zero-order chi connectivity index (χ0) is 23.9. The Morgan fingerprint density at radius 1 is 1.09 bits per heavy atom. The highest BCUT2D eigenvalue weighted by Gasteiger charge is 2.23. The zero-order valence-corrected chi connectivity index (χ0v) is 20.9. The lowest BCUT2D eigenvalue weighted by Gasteiger charge is -2.14. The fourth-order valence-electron chi connectivity index (χ4n) is 4.23. The van der Waals surface area contributed by atoms with Crippen LogP contribution in [0.4, 0.5) is 0 Å². The first-order valence-electron chi connectivity index (χ1n) is 11.7. The average molecular weight is 522 g/mol. The van der Waals surface area contributed by atoms with Gasteiger partial charge in [-0.05, 0) is 43.5 Å². The Kier molecular flexibility index (Phi) is 7.95. The molecular weight excluding hydrogens is 492 g/mol. The van der Waals surface area contributed by atoms with Gasteiger partial charge in [-0.25, -0.2) is 9.97 Å². The number of aromatic amines is 3. The van der Waals surface area contributed by atoms with Crippen molar-refractivity contribution >= 4 is 38.5 Å². The molecule has 2 heterocycles. The number of carbonyl (C=O) groups is 2. The number of fused-ring (bicyclic) bond motifs is 1. The average Bonchev–Trinajstić information content (AvgIpc) is 3.46. The molecule has 0 unspecified atom stereocenters. The van der Waals surface area contributed by atoms with E-state index in [2.05, 4.69) is 36.2 Å². The number of Topliss-reactive ketones (excluding diaryl/α,β-unsaturated/α-hetero) is 1. The van der Waals surface area contributed by atoms with Gasteiger partial charge in [-0.2, -0.15) is 0 Å². The number of halogens is 1. The van der Waals surface area contributed by atoms with Crippen molar-refractivity contribution in [2.45, 2.75) is 51.5 Å². The summed E-state index contributed by atoms with van der Waals surface area (Å²) in [4.78, 5) is 34.3. The number of hydrogen-bond acceptors (Lipinski definition) is 2. The number of nitrogens with one attached hydrogen (secondary N) is 4. The minimum atomic E-state index is -0.167. The van der Waals surface area contributed by atoms with E-state index >= 15 is 0 Å². The molecule has 1 atom stereocenters. The third kappa shape index (κ3) is 6.23. The van der Waals surface area contributed by atoms with Crippen molar-refractivity contribution in [1.82, 2.24) is 15.3 Å². The van der Waals surface area contributed by atoms with Crippen LogP contribution < -0.4 is 10.3 Å². The molecule has 0 fully saturated rings. The molecule has 0 radical (unpaired) electrons. The summed E-state index contributed by atoms with van der Waals surface area (Å²) >= 11 is 3.52. The maximum Gasteiger partial charge on any atom is 0.275 e. The normalized spacial score (nSPS) is 12.1. The Hall–Kier alpha value is -3.19. The molecular formula is C27H30BrN4O2+. The monoisotopic (exact) mass is 521 g/mol. The van der Waals surface area contributed by atoms with Crippen LogP contribution in [-0.2, 0) is 16.0 Å². The molecule has 4 aromatic rings. The Labute approximate surface area is 207 Å². The lowest BCUT2D eigenvalue weighted by Crippen LogP contribution is -2.33. The molecule has 0 aliphatic heterocycles. The van der Waals surface area contributed by atoms with Gasteiger partial charge in [0, 0.05) is 33.6 Å². The first kappa shape index (κ1) is 24.0. The molecule has 7 heteroatoms. The first-order chi connectivity index (χ1) is 16.5. The van der Waals surface area contributed by atoms with Crippen LogP contribution >= 0.6 is 15.9 Å². The molecule has 0 spiro atoms. The minimum Gasteiger partial charge on any atom is -0.361 e. The molecule has 0 saturated carbocycles. The van der Waals surface area contributed by atoms with E-state index in [-0.39, 0.29) is 17.7 Å². The summed E-state index contributed by atoms with van der Waals surface area (Å²) in [6.45, 7) is 1.63. The number of ketones is 1. The summed E-state index contributed by atoms with van der Waals surface area (Å²) in [5.74, 6) is 1.07. The summed E-state index contributed by atoms with van der Waals surface area (Å²) in [5.41, 5.74) is 4.04. The second-order valence-corrected chi connectivity index (χ2v) is 9.62. The molecule has 0 aliphatic rings. The van der Waals surface area contributed by atoms with Gasteiger partial charge in [-0.1, -0.05) is 59.1 Å². The Morgan fingerprint density at radius 2 is 1.91 bits per heavy atom. The van der Waals surface area contributed by atoms with E-state index in [9.17, 15) is 9.59 Å².